The third-order valence-corrected chi connectivity index (χ3v) is 3.92. The van der Waals surface area contributed by atoms with E-state index in [0.29, 0.717) is 0 Å². The Balaban J connectivity index is 2.20. The molecule has 2 aromatic carbocycles. The van der Waals surface area contributed by atoms with Gasteiger partial charge in [-0.2, -0.15) is 0 Å². The van der Waals surface area contributed by atoms with Crippen molar-refractivity contribution in [2.24, 2.45) is 0 Å². The van der Waals surface area contributed by atoms with E-state index in [1.54, 1.807) is 6.07 Å². The van der Waals surface area contributed by atoms with E-state index in [0.717, 1.165) is 17.3 Å². The number of halogens is 2. The highest BCUT2D eigenvalue weighted by Gasteiger charge is 2.14. The number of alkyl halides is 1. The molecular weight excluding hydrogens is 291 g/mol. The van der Waals surface area contributed by atoms with Gasteiger partial charge in [0.05, 0.1) is 0 Å². The molecule has 1 atom stereocenters. The van der Waals surface area contributed by atoms with Crippen LogP contribution >= 0.6 is 15.9 Å². The standard InChI is InChI=1S/C16H16BrF/c1-12-6-8-13(9-7-12)10-14(11-17)15-4-2-3-5-16(15)18/h2-9,14H,10-11H2,1H3. The van der Waals surface area contributed by atoms with Crippen molar-refractivity contribution in [1.82, 2.24) is 0 Å². The lowest BCUT2D eigenvalue weighted by Gasteiger charge is -2.15. The summed E-state index contributed by atoms with van der Waals surface area (Å²) in [7, 11) is 0. The van der Waals surface area contributed by atoms with Crippen molar-refractivity contribution in [1.29, 1.82) is 0 Å². The Morgan fingerprint density at radius 1 is 1.06 bits per heavy atom. The maximum absolute atomic E-state index is 13.8. The van der Waals surface area contributed by atoms with Crippen molar-refractivity contribution in [2.75, 3.05) is 5.33 Å². The van der Waals surface area contributed by atoms with E-state index < -0.39 is 0 Å². The fourth-order valence-corrected chi connectivity index (χ4v) is 2.64. The molecule has 2 heteroatoms. The van der Waals surface area contributed by atoms with Crippen LogP contribution in [0.3, 0.4) is 0 Å². The largest absolute Gasteiger partial charge is 0.207 e. The minimum Gasteiger partial charge on any atom is -0.207 e. The van der Waals surface area contributed by atoms with Crippen molar-refractivity contribution >= 4 is 15.9 Å². The van der Waals surface area contributed by atoms with E-state index in [2.05, 4.69) is 47.1 Å². The zero-order chi connectivity index (χ0) is 13.0. The average molecular weight is 307 g/mol. The first kappa shape index (κ1) is 13.3. The normalized spacial score (nSPS) is 12.4. The van der Waals surface area contributed by atoms with Gasteiger partial charge in [0.15, 0.2) is 0 Å². The highest BCUT2D eigenvalue weighted by molar-refractivity contribution is 9.09. The highest BCUT2D eigenvalue weighted by atomic mass is 79.9. The lowest BCUT2D eigenvalue weighted by molar-refractivity contribution is 0.590. The summed E-state index contributed by atoms with van der Waals surface area (Å²) in [5, 5.41) is 0.766. The van der Waals surface area contributed by atoms with Gasteiger partial charge in [0, 0.05) is 11.2 Å². The van der Waals surface area contributed by atoms with Crippen molar-refractivity contribution < 1.29 is 4.39 Å². The van der Waals surface area contributed by atoms with E-state index in [-0.39, 0.29) is 11.7 Å². The summed E-state index contributed by atoms with van der Waals surface area (Å²) >= 11 is 3.49. The molecule has 0 heterocycles. The number of benzene rings is 2. The molecule has 0 aliphatic heterocycles. The molecule has 0 saturated heterocycles. The second-order valence-corrected chi connectivity index (χ2v) is 5.21. The molecule has 2 aromatic rings. The van der Waals surface area contributed by atoms with Gasteiger partial charge in [0.25, 0.3) is 0 Å². The Kier molecular flexibility index (Phi) is 4.54. The smallest absolute Gasteiger partial charge is 0.126 e. The lowest BCUT2D eigenvalue weighted by Crippen LogP contribution is -2.06. The Hall–Kier alpha value is -1.15. The van der Waals surface area contributed by atoms with Gasteiger partial charge >= 0.3 is 0 Å². The van der Waals surface area contributed by atoms with Crippen molar-refractivity contribution in [3.8, 4) is 0 Å². The van der Waals surface area contributed by atoms with Gasteiger partial charge in [-0.1, -0.05) is 64.0 Å². The summed E-state index contributed by atoms with van der Waals surface area (Å²) in [6.07, 6.45) is 0.854. The average Bonchev–Trinajstić information content (AvgIpc) is 2.39. The summed E-state index contributed by atoms with van der Waals surface area (Å²) in [5.74, 6) is 0.0583. The van der Waals surface area contributed by atoms with Crippen LogP contribution < -0.4 is 0 Å². The monoisotopic (exact) mass is 306 g/mol. The predicted molar refractivity (Wildman–Crippen MR) is 77.8 cm³/mol. The van der Waals surface area contributed by atoms with Crippen LogP contribution in [0.1, 0.15) is 22.6 Å². The lowest BCUT2D eigenvalue weighted by atomic mass is 9.93. The Labute approximate surface area is 116 Å². The zero-order valence-electron chi connectivity index (χ0n) is 10.4. The number of rotatable bonds is 4. The summed E-state index contributed by atoms with van der Waals surface area (Å²) < 4.78 is 13.8. The van der Waals surface area contributed by atoms with E-state index in [1.165, 1.54) is 17.2 Å². The number of hydrogen-bond acceptors (Lipinski definition) is 0. The highest BCUT2D eigenvalue weighted by Crippen LogP contribution is 2.25. The van der Waals surface area contributed by atoms with Crippen LogP contribution in [-0.2, 0) is 6.42 Å². The Morgan fingerprint density at radius 3 is 2.33 bits per heavy atom. The van der Waals surface area contributed by atoms with Gasteiger partial charge in [-0.15, -0.1) is 0 Å². The quantitative estimate of drug-likeness (QED) is 0.708. The van der Waals surface area contributed by atoms with Gasteiger partial charge in [-0.25, -0.2) is 4.39 Å². The van der Waals surface area contributed by atoms with Gasteiger partial charge in [-0.05, 0) is 30.5 Å². The molecule has 0 N–H and O–H groups in total. The molecule has 0 aliphatic carbocycles. The minimum atomic E-state index is -0.117. The number of aryl methyl sites for hydroxylation is 1. The molecule has 0 spiro atoms. The minimum absolute atomic E-state index is 0.117. The van der Waals surface area contributed by atoms with Crippen LogP contribution in [0.5, 0.6) is 0 Å². The first-order valence-electron chi connectivity index (χ1n) is 6.06. The van der Waals surface area contributed by atoms with Gasteiger partial charge < -0.3 is 0 Å². The van der Waals surface area contributed by atoms with Gasteiger partial charge in [0.1, 0.15) is 5.82 Å². The molecule has 0 nitrogen and oxygen atoms in total. The van der Waals surface area contributed by atoms with Crippen LogP contribution in [0.15, 0.2) is 48.5 Å². The van der Waals surface area contributed by atoms with E-state index >= 15 is 0 Å². The Morgan fingerprint density at radius 2 is 1.72 bits per heavy atom. The first-order chi connectivity index (χ1) is 8.70. The fourth-order valence-electron chi connectivity index (χ4n) is 2.06. The van der Waals surface area contributed by atoms with Crippen molar-refractivity contribution in [3.63, 3.8) is 0 Å². The molecule has 0 bridgehead atoms. The van der Waals surface area contributed by atoms with Crippen LogP contribution in [0, 0.1) is 12.7 Å². The SMILES string of the molecule is Cc1ccc(CC(CBr)c2ccccc2F)cc1. The molecule has 18 heavy (non-hydrogen) atoms. The maximum Gasteiger partial charge on any atom is 0.126 e. The van der Waals surface area contributed by atoms with Gasteiger partial charge in [-0.3, -0.25) is 0 Å². The summed E-state index contributed by atoms with van der Waals surface area (Å²) in [5.41, 5.74) is 3.28. The van der Waals surface area contributed by atoms with Crippen LogP contribution in [0.4, 0.5) is 4.39 Å². The molecule has 94 valence electrons. The van der Waals surface area contributed by atoms with Crippen molar-refractivity contribution in [3.05, 3.63) is 71.0 Å². The second-order valence-electron chi connectivity index (χ2n) is 4.56. The van der Waals surface area contributed by atoms with Gasteiger partial charge in [0.2, 0.25) is 0 Å². The molecular formula is C16H16BrF. The summed E-state index contributed by atoms with van der Waals surface area (Å²) in [6.45, 7) is 2.07. The molecule has 2 rings (SSSR count). The third-order valence-electron chi connectivity index (χ3n) is 3.13. The topological polar surface area (TPSA) is 0 Å². The number of hydrogen-bond donors (Lipinski definition) is 0. The first-order valence-corrected chi connectivity index (χ1v) is 7.19. The predicted octanol–water partition coefficient (Wildman–Crippen LogP) is 4.86. The third kappa shape index (κ3) is 3.20. The molecule has 0 radical (unpaired) electrons. The summed E-state index contributed by atoms with van der Waals surface area (Å²) in [4.78, 5) is 0. The van der Waals surface area contributed by atoms with Crippen molar-refractivity contribution in [2.45, 2.75) is 19.3 Å². The maximum atomic E-state index is 13.8. The van der Waals surface area contributed by atoms with Crippen LogP contribution in [-0.4, -0.2) is 5.33 Å². The molecule has 0 aromatic heterocycles. The second kappa shape index (κ2) is 6.14. The fraction of sp³-hybridized carbons (Fsp3) is 0.250. The molecule has 0 fully saturated rings. The summed E-state index contributed by atoms with van der Waals surface area (Å²) in [6, 6.07) is 15.5. The van der Waals surface area contributed by atoms with Crippen LogP contribution in [0.25, 0.3) is 0 Å². The molecule has 0 saturated carbocycles. The molecule has 0 aliphatic rings. The van der Waals surface area contributed by atoms with Crippen LogP contribution in [0.2, 0.25) is 0 Å². The van der Waals surface area contributed by atoms with E-state index in [4.69, 9.17) is 0 Å². The Bertz CT molecular complexity index is 505. The zero-order valence-corrected chi connectivity index (χ0v) is 12.0. The van der Waals surface area contributed by atoms with E-state index in [9.17, 15) is 4.39 Å². The van der Waals surface area contributed by atoms with E-state index in [1.807, 2.05) is 12.1 Å². The molecule has 1 unspecified atom stereocenters. The molecule has 0 amide bonds.